The van der Waals surface area contributed by atoms with E-state index < -0.39 is 10.9 Å². The molecule has 0 spiro atoms. The van der Waals surface area contributed by atoms with Crippen molar-refractivity contribution in [2.24, 2.45) is 0 Å². The summed E-state index contributed by atoms with van der Waals surface area (Å²) in [6.45, 7) is 3.80. The maximum Gasteiger partial charge on any atom is 0.338 e. The van der Waals surface area contributed by atoms with Crippen molar-refractivity contribution < 1.29 is 19.2 Å². The van der Waals surface area contributed by atoms with Crippen LogP contribution in [0, 0.1) is 17.0 Å². The molecule has 0 N–H and O–H groups in total. The van der Waals surface area contributed by atoms with E-state index in [1.165, 1.54) is 12.1 Å². The Bertz CT molecular complexity index is 1150. The average Bonchev–Trinajstić information content (AvgIpc) is 3.37. The zero-order chi connectivity index (χ0) is 23.4. The monoisotopic (exact) mass is 448 g/mol. The van der Waals surface area contributed by atoms with Crippen LogP contribution in [0.1, 0.15) is 15.9 Å². The molecule has 1 aliphatic heterocycles. The van der Waals surface area contributed by atoms with Gasteiger partial charge in [-0.05, 0) is 48.9 Å². The van der Waals surface area contributed by atoms with Gasteiger partial charge in [-0.2, -0.15) is 0 Å². The van der Waals surface area contributed by atoms with Crippen molar-refractivity contribution in [1.82, 2.24) is 9.47 Å². The highest BCUT2D eigenvalue weighted by Crippen LogP contribution is 2.21. The number of ether oxygens (including phenoxy) is 1. The first-order valence-corrected chi connectivity index (χ1v) is 10.6. The lowest BCUT2D eigenvalue weighted by atomic mass is 10.1. The Balaban J connectivity index is 1.29. The van der Waals surface area contributed by atoms with Gasteiger partial charge in [0, 0.05) is 62.1 Å². The standard InChI is InChI=1S/C24H24N4O5/c1-18-4-5-19(16-22(18)26-10-2-3-11-26)24(30)33-17-23(29)27-14-12-25(13-15-27)20-6-8-21(9-7-20)28(31)32/h2-11,16H,12-15,17H2,1H3. The molecule has 1 saturated heterocycles. The molecule has 2 aromatic carbocycles. The number of non-ortho nitro benzene ring substituents is 1. The first-order valence-electron chi connectivity index (χ1n) is 10.6. The molecule has 1 aromatic heterocycles. The van der Waals surface area contributed by atoms with Crippen molar-refractivity contribution in [1.29, 1.82) is 0 Å². The zero-order valence-corrected chi connectivity index (χ0v) is 18.2. The van der Waals surface area contributed by atoms with Gasteiger partial charge >= 0.3 is 5.97 Å². The number of carbonyl (C=O) groups excluding carboxylic acids is 2. The van der Waals surface area contributed by atoms with Gasteiger partial charge in [-0.15, -0.1) is 0 Å². The molecule has 1 aliphatic rings. The first kappa shape index (κ1) is 22.1. The lowest BCUT2D eigenvalue weighted by molar-refractivity contribution is -0.384. The van der Waals surface area contributed by atoms with E-state index in [4.69, 9.17) is 4.74 Å². The largest absolute Gasteiger partial charge is 0.452 e. The molecular formula is C24H24N4O5. The summed E-state index contributed by atoms with van der Waals surface area (Å²) in [4.78, 5) is 39.2. The predicted octanol–water partition coefficient (Wildman–Crippen LogP) is 3.20. The first-order chi connectivity index (χ1) is 15.9. The van der Waals surface area contributed by atoms with E-state index in [9.17, 15) is 19.7 Å². The van der Waals surface area contributed by atoms with Crippen molar-refractivity contribution in [3.8, 4) is 5.69 Å². The molecule has 0 unspecified atom stereocenters. The average molecular weight is 448 g/mol. The highest BCUT2D eigenvalue weighted by atomic mass is 16.6. The second-order valence-electron chi connectivity index (χ2n) is 7.81. The third kappa shape index (κ3) is 5.03. The molecule has 0 bridgehead atoms. The number of nitro groups is 1. The number of anilines is 1. The molecule has 9 heteroatoms. The number of hydrogen-bond donors (Lipinski definition) is 0. The molecule has 4 rings (SSSR count). The molecular weight excluding hydrogens is 424 g/mol. The number of piperazine rings is 1. The molecule has 9 nitrogen and oxygen atoms in total. The highest BCUT2D eigenvalue weighted by molar-refractivity contribution is 5.92. The number of nitro benzene ring substituents is 1. The number of hydrogen-bond acceptors (Lipinski definition) is 6. The number of nitrogens with zero attached hydrogens (tertiary/aromatic N) is 4. The SMILES string of the molecule is Cc1ccc(C(=O)OCC(=O)N2CCN(c3ccc([N+](=O)[O-])cc3)CC2)cc1-n1cccc1. The molecule has 1 fully saturated rings. The Morgan fingerprint density at radius 1 is 1.00 bits per heavy atom. The number of benzene rings is 2. The van der Waals surface area contributed by atoms with Crippen molar-refractivity contribution >= 4 is 23.3 Å². The molecule has 0 saturated carbocycles. The van der Waals surface area contributed by atoms with E-state index in [1.54, 1.807) is 29.2 Å². The summed E-state index contributed by atoms with van der Waals surface area (Å²) in [6, 6.07) is 15.5. The summed E-state index contributed by atoms with van der Waals surface area (Å²) in [7, 11) is 0. The van der Waals surface area contributed by atoms with Crippen molar-refractivity contribution in [3.05, 3.63) is 88.2 Å². The van der Waals surface area contributed by atoms with Gasteiger partial charge in [-0.1, -0.05) is 6.07 Å². The van der Waals surface area contributed by atoms with Gasteiger partial charge in [-0.25, -0.2) is 4.79 Å². The number of amides is 1. The van der Waals surface area contributed by atoms with Crippen LogP contribution in [0.5, 0.6) is 0 Å². The molecule has 1 amide bonds. The summed E-state index contributed by atoms with van der Waals surface area (Å²) in [5.74, 6) is -0.786. The molecule has 0 radical (unpaired) electrons. The minimum Gasteiger partial charge on any atom is -0.452 e. The Labute approximate surface area is 190 Å². The van der Waals surface area contributed by atoms with Crippen molar-refractivity contribution in [3.63, 3.8) is 0 Å². The highest BCUT2D eigenvalue weighted by Gasteiger charge is 2.23. The van der Waals surface area contributed by atoms with Gasteiger partial charge in [0.25, 0.3) is 11.6 Å². The van der Waals surface area contributed by atoms with E-state index in [2.05, 4.69) is 4.90 Å². The lowest BCUT2D eigenvalue weighted by Gasteiger charge is -2.36. The molecule has 2 heterocycles. The number of carbonyl (C=O) groups is 2. The lowest BCUT2D eigenvalue weighted by Crippen LogP contribution is -2.49. The Morgan fingerprint density at radius 2 is 1.67 bits per heavy atom. The van der Waals surface area contributed by atoms with Gasteiger partial charge in [0.15, 0.2) is 6.61 Å². The fraction of sp³-hybridized carbons (Fsp3) is 0.250. The fourth-order valence-electron chi connectivity index (χ4n) is 3.81. The maximum atomic E-state index is 12.6. The maximum absolute atomic E-state index is 12.6. The molecule has 170 valence electrons. The third-order valence-corrected chi connectivity index (χ3v) is 5.71. The zero-order valence-electron chi connectivity index (χ0n) is 18.2. The second-order valence-corrected chi connectivity index (χ2v) is 7.81. The minimum absolute atomic E-state index is 0.0448. The Morgan fingerprint density at radius 3 is 2.30 bits per heavy atom. The van der Waals surface area contributed by atoms with E-state index >= 15 is 0 Å². The Hall–Kier alpha value is -4.14. The molecule has 3 aromatic rings. The van der Waals surface area contributed by atoms with E-state index in [0.29, 0.717) is 31.7 Å². The minimum atomic E-state index is -0.540. The van der Waals surface area contributed by atoms with E-state index in [-0.39, 0.29) is 18.2 Å². The molecule has 0 aliphatic carbocycles. The van der Waals surface area contributed by atoms with Crippen LogP contribution in [0.4, 0.5) is 11.4 Å². The van der Waals surface area contributed by atoms with Crippen LogP contribution < -0.4 is 4.90 Å². The van der Waals surface area contributed by atoms with Crippen molar-refractivity contribution in [2.45, 2.75) is 6.92 Å². The quantitative estimate of drug-likeness (QED) is 0.326. The van der Waals surface area contributed by atoms with E-state index in [0.717, 1.165) is 16.9 Å². The normalized spacial score (nSPS) is 13.6. The van der Waals surface area contributed by atoms with Crippen LogP contribution in [0.15, 0.2) is 67.0 Å². The predicted molar refractivity (Wildman–Crippen MR) is 123 cm³/mol. The van der Waals surface area contributed by atoms with Crippen LogP contribution in [-0.2, 0) is 9.53 Å². The second kappa shape index (κ2) is 9.56. The van der Waals surface area contributed by atoms with Gasteiger partial charge in [0.2, 0.25) is 0 Å². The molecule has 0 atom stereocenters. The van der Waals surface area contributed by atoms with Crippen LogP contribution in [-0.4, -0.2) is 59.1 Å². The summed E-state index contributed by atoms with van der Waals surface area (Å²) in [5, 5.41) is 10.8. The summed E-state index contributed by atoms with van der Waals surface area (Å²) >= 11 is 0. The summed E-state index contributed by atoms with van der Waals surface area (Å²) in [6.07, 6.45) is 3.80. The van der Waals surface area contributed by atoms with Gasteiger partial charge < -0.3 is 19.1 Å². The van der Waals surface area contributed by atoms with E-state index in [1.807, 2.05) is 42.1 Å². The van der Waals surface area contributed by atoms with Crippen LogP contribution >= 0.6 is 0 Å². The van der Waals surface area contributed by atoms with Crippen LogP contribution in [0.25, 0.3) is 5.69 Å². The number of esters is 1. The fourth-order valence-corrected chi connectivity index (χ4v) is 3.81. The molecule has 33 heavy (non-hydrogen) atoms. The summed E-state index contributed by atoms with van der Waals surface area (Å²) in [5.41, 5.74) is 3.20. The topological polar surface area (TPSA) is 97.9 Å². The summed E-state index contributed by atoms with van der Waals surface area (Å²) < 4.78 is 7.20. The third-order valence-electron chi connectivity index (χ3n) is 5.71. The Kier molecular flexibility index (Phi) is 6.39. The number of aryl methyl sites for hydroxylation is 1. The number of aromatic nitrogens is 1. The van der Waals surface area contributed by atoms with Gasteiger partial charge in [0.1, 0.15) is 0 Å². The van der Waals surface area contributed by atoms with Crippen LogP contribution in [0.2, 0.25) is 0 Å². The van der Waals surface area contributed by atoms with Crippen LogP contribution in [0.3, 0.4) is 0 Å². The van der Waals surface area contributed by atoms with Gasteiger partial charge in [-0.3, -0.25) is 14.9 Å². The number of rotatable bonds is 6. The smallest absolute Gasteiger partial charge is 0.338 e. The van der Waals surface area contributed by atoms with Gasteiger partial charge in [0.05, 0.1) is 10.5 Å². The van der Waals surface area contributed by atoms with Crippen molar-refractivity contribution in [2.75, 3.05) is 37.7 Å².